The third-order valence-electron chi connectivity index (χ3n) is 2.29. The number of rotatable bonds is 2. The zero-order chi connectivity index (χ0) is 10.8. The minimum Gasteiger partial charge on any atom is -0.384 e. The van der Waals surface area contributed by atoms with Crippen LogP contribution >= 0.6 is 11.3 Å². The first-order valence-corrected chi connectivity index (χ1v) is 5.64. The molecule has 2 aromatic heterocycles. The van der Waals surface area contributed by atoms with E-state index in [2.05, 4.69) is 10.2 Å². The zero-order valence-electron chi connectivity index (χ0n) is 8.64. The standard InChI is InChI=1S/C11H12N2OS/c1-7-5-10(8(2)13-12-7)11(14)9-3-4-15-6-9/h3-6,11,14H,1-2H3. The molecule has 2 rings (SSSR count). The fourth-order valence-electron chi connectivity index (χ4n) is 1.46. The number of nitrogens with zero attached hydrogens (tertiary/aromatic N) is 2. The van der Waals surface area contributed by atoms with Gasteiger partial charge in [0.2, 0.25) is 0 Å². The Morgan fingerprint density at radius 1 is 1.33 bits per heavy atom. The van der Waals surface area contributed by atoms with E-state index in [9.17, 15) is 5.11 Å². The van der Waals surface area contributed by atoms with Gasteiger partial charge in [0.25, 0.3) is 0 Å². The zero-order valence-corrected chi connectivity index (χ0v) is 9.45. The second-order valence-electron chi connectivity index (χ2n) is 3.49. The van der Waals surface area contributed by atoms with Crippen LogP contribution in [0.15, 0.2) is 22.9 Å². The first-order chi connectivity index (χ1) is 7.18. The van der Waals surface area contributed by atoms with Crippen LogP contribution in [-0.2, 0) is 0 Å². The highest BCUT2D eigenvalue weighted by atomic mass is 32.1. The van der Waals surface area contributed by atoms with Crippen LogP contribution in [0.4, 0.5) is 0 Å². The summed E-state index contributed by atoms with van der Waals surface area (Å²) < 4.78 is 0. The molecule has 0 saturated carbocycles. The molecule has 1 N–H and O–H groups in total. The van der Waals surface area contributed by atoms with Gasteiger partial charge in [0.05, 0.1) is 11.4 Å². The summed E-state index contributed by atoms with van der Waals surface area (Å²) >= 11 is 1.58. The largest absolute Gasteiger partial charge is 0.384 e. The molecule has 78 valence electrons. The van der Waals surface area contributed by atoms with Crippen LogP contribution in [0, 0.1) is 13.8 Å². The number of aromatic nitrogens is 2. The Kier molecular flexibility index (Phi) is 2.79. The maximum Gasteiger partial charge on any atom is 0.107 e. The molecular formula is C11H12N2OS. The SMILES string of the molecule is Cc1cc(C(O)c2ccsc2)c(C)nn1. The maximum atomic E-state index is 10.1. The van der Waals surface area contributed by atoms with Gasteiger partial charge in [-0.15, -0.1) is 0 Å². The third-order valence-corrected chi connectivity index (χ3v) is 2.99. The van der Waals surface area contributed by atoms with E-state index in [4.69, 9.17) is 0 Å². The Balaban J connectivity index is 2.41. The molecule has 0 fully saturated rings. The fourth-order valence-corrected chi connectivity index (χ4v) is 2.14. The smallest absolute Gasteiger partial charge is 0.107 e. The van der Waals surface area contributed by atoms with Gasteiger partial charge in [-0.2, -0.15) is 21.5 Å². The molecule has 0 aliphatic rings. The van der Waals surface area contributed by atoms with Gasteiger partial charge < -0.3 is 5.11 Å². The number of hydrogen-bond acceptors (Lipinski definition) is 4. The summed E-state index contributed by atoms with van der Waals surface area (Å²) in [6.07, 6.45) is -0.592. The van der Waals surface area contributed by atoms with Crippen molar-refractivity contribution in [3.05, 3.63) is 45.4 Å². The van der Waals surface area contributed by atoms with Crippen LogP contribution < -0.4 is 0 Å². The van der Waals surface area contributed by atoms with Crippen molar-refractivity contribution in [2.75, 3.05) is 0 Å². The molecule has 0 spiro atoms. The number of aliphatic hydroxyl groups is 1. The van der Waals surface area contributed by atoms with Crippen molar-refractivity contribution >= 4 is 11.3 Å². The molecule has 1 unspecified atom stereocenters. The first-order valence-electron chi connectivity index (χ1n) is 4.69. The van der Waals surface area contributed by atoms with E-state index < -0.39 is 6.10 Å². The minimum absolute atomic E-state index is 0.592. The average molecular weight is 220 g/mol. The molecule has 0 amide bonds. The highest BCUT2D eigenvalue weighted by Gasteiger charge is 2.14. The molecule has 0 aromatic carbocycles. The van der Waals surface area contributed by atoms with Crippen molar-refractivity contribution in [1.82, 2.24) is 10.2 Å². The summed E-state index contributed by atoms with van der Waals surface area (Å²) in [5.41, 5.74) is 3.35. The van der Waals surface area contributed by atoms with E-state index in [0.717, 1.165) is 22.5 Å². The molecular weight excluding hydrogens is 208 g/mol. The van der Waals surface area contributed by atoms with Crippen LogP contribution in [0.25, 0.3) is 0 Å². The summed E-state index contributed by atoms with van der Waals surface area (Å²) in [6, 6.07) is 3.80. The predicted octanol–water partition coefficient (Wildman–Crippen LogP) is 2.24. The van der Waals surface area contributed by atoms with Gasteiger partial charge in [0.15, 0.2) is 0 Å². The number of hydrogen-bond donors (Lipinski definition) is 1. The van der Waals surface area contributed by atoms with E-state index >= 15 is 0 Å². The van der Waals surface area contributed by atoms with Crippen molar-refractivity contribution in [3.63, 3.8) is 0 Å². The van der Waals surface area contributed by atoms with Crippen LogP contribution in [0.5, 0.6) is 0 Å². The lowest BCUT2D eigenvalue weighted by Gasteiger charge is -2.11. The Bertz CT molecular complexity index is 454. The molecule has 1 atom stereocenters. The highest BCUT2D eigenvalue weighted by Crippen LogP contribution is 2.25. The van der Waals surface area contributed by atoms with Gasteiger partial charge in [-0.25, -0.2) is 0 Å². The van der Waals surface area contributed by atoms with Crippen molar-refractivity contribution < 1.29 is 5.11 Å². The molecule has 2 aromatic rings. The summed E-state index contributed by atoms with van der Waals surface area (Å²) in [7, 11) is 0. The van der Waals surface area contributed by atoms with Gasteiger partial charge in [-0.3, -0.25) is 0 Å². The van der Waals surface area contributed by atoms with Crippen molar-refractivity contribution in [2.24, 2.45) is 0 Å². The number of thiophene rings is 1. The van der Waals surface area contributed by atoms with E-state index in [1.165, 1.54) is 0 Å². The molecule has 0 aliphatic carbocycles. The number of aryl methyl sites for hydroxylation is 2. The van der Waals surface area contributed by atoms with E-state index in [0.29, 0.717) is 0 Å². The molecule has 0 aliphatic heterocycles. The summed E-state index contributed by atoms with van der Waals surface area (Å²) in [5, 5.41) is 22.0. The second-order valence-corrected chi connectivity index (χ2v) is 4.27. The molecule has 0 bridgehead atoms. The summed E-state index contributed by atoms with van der Waals surface area (Å²) in [6.45, 7) is 3.73. The van der Waals surface area contributed by atoms with Crippen molar-refractivity contribution in [2.45, 2.75) is 20.0 Å². The summed E-state index contributed by atoms with van der Waals surface area (Å²) in [4.78, 5) is 0. The van der Waals surface area contributed by atoms with E-state index in [1.54, 1.807) is 11.3 Å². The van der Waals surface area contributed by atoms with Gasteiger partial charge in [-0.1, -0.05) is 0 Å². The summed E-state index contributed by atoms with van der Waals surface area (Å²) in [5.74, 6) is 0. The molecule has 15 heavy (non-hydrogen) atoms. The molecule has 3 nitrogen and oxygen atoms in total. The van der Waals surface area contributed by atoms with Gasteiger partial charge >= 0.3 is 0 Å². The Morgan fingerprint density at radius 3 is 2.80 bits per heavy atom. The lowest BCUT2D eigenvalue weighted by atomic mass is 10.0. The minimum atomic E-state index is -0.592. The Hall–Kier alpha value is -1.26. The van der Waals surface area contributed by atoms with Gasteiger partial charge in [0, 0.05) is 5.56 Å². The highest BCUT2D eigenvalue weighted by molar-refractivity contribution is 7.07. The van der Waals surface area contributed by atoms with E-state index in [1.807, 2.05) is 36.7 Å². The van der Waals surface area contributed by atoms with Crippen molar-refractivity contribution in [3.8, 4) is 0 Å². The lowest BCUT2D eigenvalue weighted by Crippen LogP contribution is -2.04. The van der Waals surface area contributed by atoms with Crippen LogP contribution in [0.1, 0.15) is 28.6 Å². The van der Waals surface area contributed by atoms with E-state index in [-0.39, 0.29) is 0 Å². The van der Waals surface area contributed by atoms with Gasteiger partial charge in [-0.05, 0) is 42.3 Å². The molecule has 2 heterocycles. The maximum absolute atomic E-state index is 10.1. The van der Waals surface area contributed by atoms with Gasteiger partial charge in [0.1, 0.15) is 6.10 Å². The number of aliphatic hydroxyl groups excluding tert-OH is 1. The average Bonchev–Trinajstić information content (AvgIpc) is 2.74. The molecule has 0 radical (unpaired) electrons. The molecule has 4 heteroatoms. The Labute approximate surface area is 92.4 Å². The second kappa shape index (κ2) is 4.08. The third kappa shape index (κ3) is 2.06. The topological polar surface area (TPSA) is 46.0 Å². The van der Waals surface area contributed by atoms with Crippen molar-refractivity contribution in [1.29, 1.82) is 0 Å². The quantitative estimate of drug-likeness (QED) is 0.844. The molecule has 0 saturated heterocycles. The normalized spacial score (nSPS) is 12.7. The fraction of sp³-hybridized carbons (Fsp3) is 0.273. The van der Waals surface area contributed by atoms with Crippen LogP contribution in [0.2, 0.25) is 0 Å². The van der Waals surface area contributed by atoms with Crippen LogP contribution in [-0.4, -0.2) is 15.3 Å². The predicted molar refractivity (Wildman–Crippen MR) is 59.9 cm³/mol. The van der Waals surface area contributed by atoms with Crippen LogP contribution in [0.3, 0.4) is 0 Å². The lowest BCUT2D eigenvalue weighted by molar-refractivity contribution is 0.219. The Morgan fingerprint density at radius 2 is 2.13 bits per heavy atom. The monoisotopic (exact) mass is 220 g/mol. The first kappa shape index (κ1) is 10.3.